The van der Waals surface area contributed by atoms with Gasteiger partial charge >= 0.3 is 0 Å². The van der Waals surface area contributed by atoms with Gasteiger partial charge in [0.05, 0.1) is 17.7 Å². The van der Waals surface area contributed by atoms with Crippen LogP contribution in [0.15, 0.2) is 36.4 Å². The van der Waals surface area contributed by atoms with Crippen LogP contribution in [-0.4, -0.2) is 11.1 Å². The predicted molar refractivity (Wildman–Crippen MR) is 91.9 cm³/mol. The highest BCUT2D eigenvalue weighted by molar-refractivity contribution is 5.70. The van der Waals surface area contributed by atoms with E-state index in [2.05, 4.69) is 38.1 Å². The van der Waals surface area contributed by atoms with Crippen LogP contribution < -0.4 is 5.73 Å². The van der Waals surface area contributed by atoms with Crippen molar-refractivity contribution >= 4 is 0 Å². The third-order valence-corrected chi connectivity index (χ3v) is 4.73. The topological polar surface area (TPSA) is 70.0 Å². The molecule has 0 spiro atoms. The second-order valence-electron chi connectivity index (χ2n) is 6.63. The Balaban J connectivity index is 2.12. The minimum Gasteiger partial charge on any atom is -0.387 e. The van der Waals surface area contributed by atoms with Gasteiger partial charge < -0.3 is 10.8 Å². The maximum Gasteiger partial charge on any atom is 0.0991 e. The van der Waals surface area contributed by atoms with Crippen LogP contribution in [0.3, 0.4) is 0 Å². The van der Waals surface area contributed by atoms with Crippen molar-refractivity contribution < 1.29 is 5.11 Å². The van der Waals surface area contributed by atoms with E-state index >= 15 is 0 Å². The molecule has 2 aromatic carbocycles. The van der Waals surface area contributed by atoms with Crippen molar-refractivity contribution in [3.8, 4) is 17.2 Å². The van der Waals surface area contributed by atoms with Crippen molar-refractivity contribution in [2.75, 3.05) is 0 Å². The van der Waals surface area contributed by atoms with E-state index < -0.39 is 6.10 Å². The van der Waals surface area contributed by atoms with Gasteiger partial charge in [-0.2, -0.15) is 5.26 Å². The van der Waals surface area contributed by atoms with Gasteiger partial charge in [-0.1, -0.05) is 32.0 Å². The summed E-state index contributed by atoms with van der Waals surface area (Å²) in [5.41, 5.74) is 12.2. The number of nitrogens with zero attached hydrogens (tertiary/aromatic N) is 1. The summed E-state index contributed by atoms with van der Waals surface area (Å²) in [6, 6.07) is 14.1. The van der Waals surface area contributed by atoms with Crippen molar-refractivity contribution in [2.24, 2.45) is 5.73 Å². The van der Waals surface area contributed by atoms with Crippen LogP contribution in [0.25, 0.3) is 11.1 Å². The van der Waals surface area contributed by atoms with Crippen LogP contribution >= 0.6 is 0 Å². The molecular weight excluding hydrogens is 284 g/mol. The second kappa shape index (κ2) is 6.16. The minimum atomic E-state index is -0.598. The number of aliphatic hydroxyl groups excluding tert-OH is 1. The molecule has 0 saturated heterocycles. The summed E-state index contributed by atoms with van der Waals surface area (Å²) in [5, 5.41) is 19.5. The molecule has 3 rings (SSSR count). The van der Waals surface area contributed by atoms with Crippen LogP contribution in [0.1, 0.15) is 54.5 Å². The van der Waals surface area contributed by atoms with Crippen LogP contribution in [0.5, 0.6) is 0 Å². The quantitative estimate of drug-likeness (QED) is 0.889. The summed E-state index contributed by atoms with van der Waals surface area (Å²) in [5.74, 6) is 0.321. The first-order valence-corrected chi connectivity index (χ1v) is 8.12. The van der Waals surface area contributed by atoms with E-state index in [0.717, 1.165) is 35.1 Å². The van der Waals surface area contributed by atoms with E-state index in [0.29, 0.717) is 11.5 Å². The first kappa shape index (κ1) is 15.7. The van der Waals surface area contributed by atoms with Gasteiger partial charge in [-0.15, -0.1) is 0 Å². The molecule has 3 N–H and O–H groups in total. The van der Waals surface area contributed by atoms with Gasteiger partial charge in [-0.3, -0.25) is 0 Å². The fraction of sp³-hybridized carbons (Fsp3) is 0.350. The number of benzene rings is 2. The number of hydrogen-bond acceptors (Lipinski definition) is 3. The lowest BCUT2D eigenvalue weighted by Gasteiger charge is -2.28. The zero-order valence-electron chi connectivity index (χ0n) is 13.6. The van der Waals surface area contributed by atoms with Crippen LogP contribution in [0.4, 0.5) is 0 Å². The Morgan fingerprint density at radius 2 is 2.00 bits per heavy atom. The van der Waals surface area contributed by atoms with Gasteiger partial charge in [0.2, 0.25) is 0 Å². The molecule has 1 aliphatic rings. The normalized spacial score (nSPS) is 20.2. The summed E-state index contributed by atoms with van der Waals surface area (Å²) in [6.45, 7) is 4.26. The zero-order valence-corrected chi connectivity index (χ0v) is 13.6. The largest absolute Gasteiger partial charge is 0.387 e. The second-order valence-corrected chi connectivity index (χ2v) is 6.63. The highest BCUT2D eigenvalue weighted by Crippen LogP contribution is 2.35. The lowest BCUT2D eigenvalue weighted by Crippen LogP contribution is -2.32. The van der Waals surface area contributed by atoms with E-state index in [-0.39, 0.29) is 6.04 Å². The van der Waals surface area contributed by atoms with Crippen molar-refractivity contribution in [3.05, 3.63) is 58.7 Å². The molecule has 3 nitrogen and oxygen atoms in total. The molecule has 118 valence electrons. The highest BCUT2D eigenvalue weighted by atomic mass is 16.3. The number of nitriles is 1. The average molecular weight is 306 g/mol. The van der Waals surface area contributed by atoms with Crippen molar-refractivity contribution in [2.45, 2.75) is 44.8 Å². The lowest BCUT2D eigenvalue weighted by molar-refractivity contribution is 0.134. The van der Waals surface area contributed by atoms with Crippen molar-refractivity contribution in [3.63, 3.8) is 0 Å². The smallest absolute Gasteiger partial charge is 0.0991 e. The Morgan fingerprint density at radius 3 is 2.70 bits per heavy atom. The Morgan fingerprint density at radius 1 is 1.22 bits per heavy atom. The fourth-order valence-electron chi connectivity index (χ4n) is 3.35. The van der Waals surface area contributed by atoms with Gasteiger partial charge in [0.25, 0.3) is 0 Å². The molecule has 1 aliphatic carbocycles. The molecular formula is C20H22N2O. The average Bonchev–Trinajstić information content (AvgIpc) is 2.57. The molecule has 0 heterocycles. The molecule has 2 unspecified atom stereocenters. The SMILES string of the molecule is CC(C)c1cc(C#N)ccc1-c1ccc2c(c1)C(O)C(N)CC2. The third-order valence-electron chi connectivity index (χ3n) is 4.73. The summed E-state index contributed by atoms with van der Waals surface area (Å²) < 4.78 is 0. The van der Waals surface area contributed by atoms with Crippen LogP contribution in [0, 0.1) is 11.3 Å². The Hall–Kier alpha value is -2.15. The van der Waals surface area contributed by atoms with Crippen molar-refractivity contribution in [1.29, 1.82) is 5.26 Å². The molecule has 0 radical (unpaired) electrons. The van der Waals surface area contributed by atoms with E-state index in [1.54, 1.807) is 0 Å². The summed E-state index contributed by atoms with van der Waals surface area (Å²) in [4.78, 5) is 0. The summed E-state index contributed by atoms with van der Waals surface area (Å²) in [7, 11) is 0. The number of nitrogens with two attached hydrogens (primary N) is 1. The summed E-state index contributed by atoms with van der Waals surface area (Å²) >= 11 is 0. The van der Waals surface area contributed by atoms with Crippen LogP contribution in [-0.2, 0) is 6.42 Å². The Labute approximate surface area is 137 Å². The van der Waals surface area contributed by atoms with Gasteiger partial charge in [0.15, 0.2) is 0 Å². The molecule has 0 saturated carbocycles. The number of rotatable bonds is 2. The molecule has 0 aliphatic heterocycles. The molecule has 23 heavy (non-hydrogen) atoms. The monoisotopic (exact) mass is 306 g/mol. The highest BCUT2D eigenvalue weighted by Gasteiger charge is 2.25. The molecule has 0 aromatic heterocycles. The first-order valence-electron chi connectivity index (χ1n) is 8.12. The van der Waals surface area contributed by atoms with Gasteiger partial charge in [-0.25, -0.2) is 0 Å². The molecule has 0 bridgehead atoms. The predicted octanol–water partition coefficient (Wildman–Crippen LogP) is 3.66. The number of aliphatic hydroxyl groups is 1. The molecule has 0 fully saturated rings. The van der Waals surface area contributed by atoms with E-state index in [1.165, 1.54) is 5.56 Å². The minimum absolute atomic E-state index is 0.191. The first-order chi connectivity index (χ1) is 11.0. The molecule has 3 heteroatoms. The van der Waals surface area contributed by atoms with Gasteiger partial charge in [-0.05, 0) is 64.8 Å². The number of aryl methyl sites for hydroxylation is 1. The molecule has 2 atom stereocenters. The van der Waals surface area contributed by atoms with Crippen molar-refractivity contribution in [1.82, 2.24) is 0 Å². The van der Waals surface area contributed by atoms with E-state index in [1.807, 2.05) is 18.2 Å². The van der Waals surface area contributed by atoms with Gasteiger partial charge in [0, 0.05) is 6.04 Å². The maximum atomic E-state index is 10.4. The third kappa shape index (κ3) is 2.88. The van der Waals surface area contributed by atoms with E-state index in [4.69, 9.17) is 11.0 Å². The summed E-state index contributed by atoms with van der Waals surface area (Å²) in [6.07, 6.45) is 1.14. The number of fused-ring (bicyclic) bond motifs is 1. The lowest BCUT2D eigenvalue weighted by atomic mass is 9.83. The Bertz CT molecular complexity index is 774. The Kier molecular flexibility index (Phi) is 4.21. The van der Waals surface area contributed by atoms with E-state index in [9.17, 15) is 5.11 Å². The standard InChI is InChI=1S/C20H22N2O/c1-12(2)17-9-13(11-21)3-7-16(17)15-5-4-14-6-8-19(22)20(23)18(14)10-15/h3-5,7,9-10,12,19-20,23H,6,8,22H2,1-2H3. The van der Waals surface area contributed by atoms with Gasteiger partial charge in [0.1, 0.15) is 0 Å². The number of hydrogen-bond donors (Lipinski definition) is 2. The maximum absolute atomic E-state index is 10.4. The molecule has 0 amide bonds. The molecule has 2 aromatic rings. The zero-order chi connectivity index (χ0) is 16.6. The fourth-order valence-corrected chi connectivity index (χ4v) is 3.35. The van der Waals surface area contributed by atoms with Crippen LogP contribution in [0.2, 0.25) is 0 Å².